The first-order valence-electron chi connectivity index (χ1n) is 9.09. The molecule has 136 valence electrons. The quantitative estimate of drug-likeness (QED) is 0.541. The van der Waals surface area contributed by atoms with Crippen LogP contribution in [0.15, 0.2) is 36.4 Å². The zero-order chi connectivity index (χ0) is 18.4. The number of pyridine rings is 1. The molecule has 0 spiro atoms. The van der Waals surface area contributed by atoms with Crippen molar-refractivity contribution in [2.75, 3.05) is 24.6 Å². The van der Waals surface area contributed by atoms with Crippen LogP contribution in [0.25, 0.3) is 11.0 Å². The third-order valence-electron chi connectivity index (χ3n) is 4.23. The lowest BCUT2D eigenvalue weighted by atomic mass is 10.1. The summed E-state index contributed by atoms with van der Waals surface area (Å²) in [5.74, 6) is 0.985. The summed E-state index contributed by atoms with van der Waals surface area (Å²) in [5, 5.41) is 6.50. The maximum Gasteiger partial charge on any atom is 0.222 e. The SMILES string of the molecule is CCCCNc1nc(N)nc2ccc(Cc3ccc(CNC)cc3)nc12. The molecule has 0 aliphatic rings. The fourth-order valence-corrected chi connectivity index (χ4v) is 2.87. The minimum atomic E-state index is 0.270. The normalized spacial score (nSPS) is 11.0. The Labute approximate surface area is 154 Å². The van der Waals surface area contributed by atoms with E-state index in [-0.39, 0.29) is 5.95 Å². The lowest BCUT2D eigenvalue weighted by Crippen LogP contribution is -2.08. The van der Waals surface area contributed by atoms with Crippen molar-refractivity contribution in [1.82, 2.24) is 20.3 Å². The second-order valence-electron chi connectivity index (χ2n) is 6.40. The van der Waals surface area contributed by atoms with Gasteiger partial charge in [-0.05, 0) is 36.7 Å². The van der Waals surface area contributed by atoms with E-state index in [2.05, 4.69) is 51.8 Å². The zero-order valence-corrected chi connectivity index (χ0v) is 15.4. The molecule has 2 heterocycles. The van der Waals surface area contributed by atoms with Crippen LogP contribution in [-0.4, -0.2) is 28.5 Å². The summed E-state index contributed by atoms with van der Waals surface area (Å²) >= 11 is 0. The first-order valence-corrected chi connectivity index (χ1v) is 9.09. The number of anilines is 2. The lowest BCUT2D eigenvalue weighted by Gasteiger charge is -2.10. The molecule has 0 amide bonds. The predicted octanol–water partition coefficient (Wildman–Crippen LogP) is 3.13. The van der Waals surface area contributed by atoms with Gasteiger partial charge in [0.05, 0.1) is 5.52 Å². The Morgan fingerprint density at radius 1 is 0.962 bits per heavy atom. The predicted molar refractivity (Wildman–Crippen MR) is 107 cm³/mol. The maximum absolute atomic E-state index is 5.83. The first-order chi connectivity index (χ1) is 12.7. The Hall–Kier alpha value is -2.73. The van der Waals surface area contributed by atoms with Gasteiger partial charge in [0.2, 0.25) is 5.95 Å². The minimum absolute atomic E-state index is 0.270. The molecule has 6 heteroatoms. The summed E-state index contributed by atoms with van der Waals surface area (Å²) in [6, 6.07) is 12.6. The highest BCUT2D eigenvalue weighted by atomic mass is 15.1. The molecule has 0 fully saturated rings. The van der Waals surface area contributed by atoms with E-state index in [9.17, 15) is 0 Å². The highest BCUT2D eigenvalue weighted by Crippen LogP contribution is 2.21. The molecule has 0 radical (unpaired) electrons. The van der Waals surface area contributed by atoms with Crippen molar-refractivity contribution in [2.45, 2.75) is 32.7 Å². The molecule has 3 aromatic rings. The topological polar surface area (TPSA) is 88.8 Å². The molecule has 0 bridgehead atoms. The smallest absolute Gasteiger partial charge is 0.222 e. The van der Waals surface area contributed by atoms with Crippen molar-refractivity contribution >= 4 is 22.8 Å². The number of fused-ring (bicyclic) bond motifs is 1. The highest BCUT2D eigenvalue weighted by molar-refractivity contribution is 5.86. The second-order valence-corrected chi connectivity index (χ2v) is 6.40. The summed E-state index contributed by atoms with van der Waals surface area (Å²) in [6.07, 6.45) is 2.96. The van der Waals surface area contributed by atoms with Gasteiger partial charge in [0.15, 0.2) is 5.82 Å². The van der Waals surface area contributed by atoms with Crippen molar-refractivity contribution in [3.8, 4) is 0 Å². The van der Waals surface area contributed by atoms with Crippen LogP contribution in [0, 0.1) is 0 Å². The van der Waals surface area contributed by atoms with Gasteiger partial charge in [0, 0.05) is 25.2 Å². The molecule has 1 aromatic carbocycles. The number of nitrogens with one attached hydrogen (secondary N) is 2. The number of hydrogen-bond donors (Lipinski definition) is 3. The third-order valence-corrected chi connectivity index (χ3v) is 4.23. The fraction of sp³-hybridized carbons (Fsp3) is 0.350. The first kappa shape index (κ1) is 18.1. The summed E-state index contributed by atoms with van der Waals surface area (Å²) < 4.78 is 0. The Kier molecular flexibility index (Phi) is 5.96. The number of benzene rings is 1. The largest absolute Gasteiger partial charge is 0.368 e. The van der Waals surface area contributed by atoms with E-state index in [1.54, 1.807) is 0 Å². The van der Waals surface area contributed by atoms with E-state index >= 15 is 0 Å². The van der Waals surface area contributed by atoms with Crippen LogP contribution < -0.4 is 16.4 Å². The van der Waals surface area contributed by atoms with Gasteiger partial charge in [-0.1, -0.05) is 37.6 Å². The lowest BCUT2D eigenvalue weighted by molar-refractivity contribution is 0.817. The Bertz CT molecular complexity index is 860. The summed E-state index contributed by atoms with van der Waals surface area (Å²) in [7, 11) is 1.95. The molecular weight excluding hydrogens is 324 g/mol. The number of aromatic nitrogens is 3. The van der Waals surface area contributed by atoms with Crippen molar-refractivity contribution < 1.29 is 0 Å². The molecule has 3 rings (SSSR count). The van der Waals surface area contributed by atoms with Crippen LogP contribution in [-0.2, 0) is 13.0 Å². The Morgan fingerprint density at radius 3 is 2.46 bits per heavy atom. The average Bonchev–Trinajstić information content (AvgIpc) is 2.64. The molecular formula is C20H26N6. The maximum atomic E-state index is 5.83. The van der Waals surface area contributed by atoms with Gasteiger partial charge in [-0.3, -0.25) is 0 Å². The van der Waals surface area contributed by atoms with Gasteiger partial charge in [-0.25, -0.2) is 9.97 Å². The molecule has 6 nitrogen and oxygen atoms in total. The van der Waals surface area contributed by atoms with Crippen LogP contribution in [0.1, 0.15) is 36.6 Å². The molecule has 2 aromatic heterocycles. The van der Waals surface area contributed by atoms with E-state index in [1.807, 2.05) is 19.2 Å². The summed E-state index contributed by atoms with van der Waals surface area (Å²) in [6.45, 7) is 3.88. The number of rotatable bonds is 8. The molecule has 0 atom stereocenters. The molecule has 0 saturated heterocycles. The zero-order valence-electron chi connectivity index (χ0n) is 15.4. The standard InChI is InChI=1S/C20H26N6/c1-3-4-11-23-19-18-17(25-20(21)26-19)10-9-16(24-18)12-14-5-7-15(8-6-14)13-22-2/h5-10,22H,3-4,11-13H2,1-2H3,(H3,21,23,25,26). The number of nitrogen functional groups attached to an aromatic ring is 1. The Balaban J connectivity index is 1.84. The molecule has 0 aliphatic heterocycles. The van der Waals surface area contributed by atoms with Gasteiger partial charge in [0.25, 0.3) is 0 Å². The molecule has 0 unspecified atom stereocenters. The van der Waals surface area contributed by atoms with Crippen LogP contribution >= 0.6 is 0 Å². The van der Waals surface area contributed by atoms with E-state index in [4.69, 9.17) is 10.7 Å². The molecule has 0 saturated carbocycles. The van der Waals surface area contributed by atoms with Gasteiger partial charge < -0.3 is 16.4 Å². The van der Waals surface area contributed by atoms with Crippen molar-refractivity contribution in [3.63, 3.8) is 0 Å². The van der Waals surface area contributed by atoms with Crippen molar-refractivity contribution in [1.29, 1.82) is 0 Å². The highest BCUT2D eigenvalue weighted by Gasteiger charge is 2.09. The molecule has 4 N–H and O–H groups in total. The third kappa shape index (κ3) is 4.46. The van der Waals surface area contributed by atoms with E-state index < -0.39 is 0 Å². The van der Waals surface area contributed by atoms with Crippen molar-refractivity contribution in [2.24, 2.45) is 0 Å². The van der Waals surface area contributed by atoms with Crippen LogP contribution in [0.4, 0.5) is 11.8 Å². The summed E-state index contributed by atoms with van der Waals surface area (Å²) in [4.78, 5) is 13.4. The van der Waals surface area contributed by atoms with E-state index in [0.717, 1.165) is 49.1 Å². The van der Waals surface area contributed by atoms with Crippen LogP contribution in [0.2, 0.25) is 0 Å². The van der Waals surface area contributed by atoms with Crippen LogP contribution in [0.3, 0.4) is 0 Å². The van der Waals surface area contributed by atoms with Gasteiger partial charge in [-0.15, -0.1) is 0 Å². The van der Waals surface area contributed by atoms with Crippen LogP contribution in [0.5, 0.6) is 0 Å². The average molecular weight is 350 g/mol. The van der Waals surface area contributed by atoms with E-state index in [0.29, 0.717) is 5.82 Å². The van der Waals surface area contributed by atoms with Gasteiger partial charge in [0.1, 0.15) is 5.52 Å². The van der Waals surface area contributed by atoms with Gasteiger partial charge >= 0.3 is 0 Å². The number of hydrogen-bond acceptors (Lipinski definition) is 6. The fourth-order valence-electron chi connectivity index (χ4n) is 2.87. The number of unbranched alkanes of at least 4 members (excludes halogenated alkanes) is 1. The van der Waals surface area contributed by atoms with E-state index in [1.165, 1.54) is 11.1 Å². The summed E-state index contributed by atoms with van der Waals surface area (Å²) in [5.41, 5.74) is 10.9. The molecule has 26 heavy (non-hydrogen) atoms. The van der Waals surface area contributed by atoms with Crippen molar-refractivity contribution in [3.05, 3.63) is 53.2 Å². The monoisotopic (exact) mass is 350 g/mol. The number of nitrogens with zero attached hydrogens (tertiary/aromatic N) is 3. The minimum Gasteiger partial charge on any atom is -0.368 e. The molecule has 0 aliphatic carbocycles. The second kappa shape index (κ2) is 8.58. The Morgan fingerprint density at radius 2 is 1.73 bits per heavy atom. The number of nitrogens with two attached hydrogens (primary N) is 1. The van der Waals surface area contributed by atoms with Gasteiger partial charge in [-0.2, -0.15) is 4.98 Å².